The van der Waals surface area contributed by atoms with E-state index < -0.39 is 11.4 Å². The molecule has 1 N–H and O–H groups in total. The first-order valence-corrected chi connectivity index (χ1v) is 14.7. The molecule has 0 fully saturated rings. The van der Waals surface area contributed by atoms with Crippen molar-refractivity contribution in [2.24, 2.45) is 5.41 Å². The zero-order valence-electron chi connectivity index (χ0n) is 24.5. The van der Waals surface area contributed by atoms with Crippen LogP contribution >= 0.6 is 11.8 Å². The highest BCUT2D eigenvalue weighted by Gasteiger charge is 2.33. The normalized spacial score (nSPS) is 12.0. The molecule has 0 unspecified atom stereocenters. The molecule has 0 saturated carbocycles. The average molecular weight is 579 g/mol. The zero-order valence-corrected chi connectivity index (χ0v) is 25.3. The van der Waals surface area contributed by atoms with Crippen LogP contribution < -0.4 is 4.74 Å². The number of hydrogen-bond donors (Lipinski definition) is 1. The lowest BCUT2D eigenvalue weighted by molar-refractivity contribution is -0.146. The Morgan fingerprint density at radius 3 is 2.57 bits per heavy atom. The Kier molecular flexibility index (Phi) is 7.98. The number of aromatic nitrogens is 3. The molecule has 3 heterocycles. The molecule has 0 amide bonds. The average Bonchev–Trinajstić information content (AvgIpc) is 3.21. The number of benzene rings is 2. The fraction of sp³-hybridized carbons (Fsp3) is 0.294. The summed E-state index contributed by atoms with van der Waals surface area (Å²) in [4.78, 5) is 22.8. The highest BCUT2D eigenvalue weighted by Crippen LogP contribution is 2.43. The number of nitrogens with zero attached hydrogens (tertiary/aromatic N) is 4. The summed E-state index contributed by atoms with van der Waals surface area (Å²) >= 11 is 1.70. The third kappa shape index (κ3) is 6.42. The maximum absolute atomic E-state index is 12.3. The number of carbonyl (C=O) groups is 1. The summed E-state index contributed by atoms with van der Waals surface area (Å²) in [5.74, 6) is -0.252. The van der Waals surface area contributed by atoms with E-state index in [0.29, 0.717) is 30.9 Å². The van der Waals surface area contributed by atoms with E-state index in [9.17, 15) is 15.2 Å². The predicted octanol–water partition coefficient (Wildman–Crippen LogP) is 7.63. The molecule has 0 bridgehead atoms. The lowest BCUT2D eigenvalue weighted by Crippen LogP contribution is -2.28. The van der Waals surface area contributed by atoms with Crippen LogP contribution in [-0.2, 0) is 24.4 Å². The second-order valence-corrected chi connectivity index (χ2v) is 13.9. The lowest BCUT2D eigenvalue weighted by Gasteiger charge is -2.24. The summed E-state index contributed by atoms with van der Waals surface area (Å²) in [6.45, 7) is 10.7. The first-order chi connectivity index (χ1) is 19.9. The number of carboxylic acids is 1. The minimum Gasteiger partial charge on any atom is -0.486 e. The molecule has 5 aromatic rings. The molecule has 0 spiro atoms. The fourth-order valence-corrected chi connectivity index (χ4v) is 6.01. The summed E-state index contributed by atoms with van der Waals surface area (Å²) < 4.78 is 8.15. The van der Waals surface area contributed by atoms with Crippen molar-refractivity contribution in [2.45, 2.75) is 63.8 Å². The van der Waals surface area contributed by atoms with Gasteiger partial charge in [0.15, 0.2) is 0 Å². The summed E-state index contributed by atoms with van der Waals surface area (Å²) in [7, 11) is 0. The first-order valence-electron chi connectivity index (χ1n) is 13.8. The van der Waals surface area contributed by atoms with Crippen molar-refractivity contribution in [3.8, 4) is 11.8 Å². The molecule has 5 rings (SSSR count). The first kappa shape index (κ1) is 29.2. The van der Waals surface area contributed by atoms with E-state index in [1.54, 1.807) is 37.9 Å². The molecule has 0 saturated heterocycles. The van der Waals surface area contributed by atoms with Crippen LogP contribution in [0, 0.1) is 16.7 Å². The van der Waals surface area contributed by atoms with Gasteiger partial charge in [-0.25, -0.2) is 9.97 Å². The van der Waals surface area contributed by atoms with Crippen molar-refractivity contribution in [1.29, 1.82) is 5.26 Å². The van der Waals surface area contributed by atoms with Gasteiger partial charge in [-0.2, -0.15) is 5.26 Å². The van der Waals surface area contributed by atoms with Gasteiger partial charge in [-0.15, -0.1) is 11.8 Å². The number of aliphatic carboxylic acids is 1. The van der Waals surface area contributed by atoms with Crippen LogP contribution in [-0.4, -0.2) is 30.4 Å². The van der Waals surface area contributed by atoms with Gasteiger partial charge in [0.2, 0.25) is 0 Å². The van der Waals surface area contributed by atoms with Crippen molar-refractivity contribution in [3.63, 3.8) is 0 Å². The number of carboxylic acid groups (broad SMARTS) is 1. The van der Waals surface area contributed by atoms with Gasteiger partial charge >= 0.3 is 5.97 Å². The largest absolute Gasteiger partial charge is 0.486 e. The summed E-state index contributed by atoms with van der Waals surface area (Å²) in [5, 5.41) is 21.5. The van der Waals surface area contributed by atoms with E-state index in [2.05, 4.69) is 31.4 Å². The molecular weight excluding hydrogens is 544 g/mol. The number of pyridine rings is 2. The number of para-hydroxylation sites is 1. The number of nitriles is 1. The third-order valence-electron chi connectivity index (χ3n) is 6.97. The van der Waals surface area contributed by atoms with Gasteiger partial charge in [-0.3, -0.25) is 4.79 Å². The summed E-state index contributed by atoms with van der Waals surface area (Å²) in [5.41, 5.74) is 3.89. The molecular formula is C34H34N4O3S. The van der Waals surface area contributed by atoms with Crippen LogP contribution in [0.1, 0.15) is 57.1 Å². The van der Waals surface area contributed by atoms with E-state index in [4.69, 9.17) is 14.7 Å². The van der Waals surface area contributed by atoms with Crippen molar-refractivity contribution >= 4 is 39.7 Å². The van der Waals surface area contributed by atoms with E-state index >= 15 is 0 Å². The van der Waals surface area contributed by atoms with E-state index in [-0.39, 0.29) is 4.75 Å². The van der Waals surface area contributed by atoms with Crippen molar-refractivity contribution in [3.05, 3.63) is 95.4 Å². The summed E-state index contributed by atoms with van der Waals surface area (Å²) in [6.07, 6.45) is 2.02. The van der Waals surface area contributed by atoms with E-state index in [0.717, 1.165) is 43.8 Å². The number of fused-ring (bicyclic) bond motifs is 2. The topological polar surface area (TPSA) is 101 Å². The monoisotopic (exact) mass is 578 g/mol. The van der Waals surface area contributed by atoms with Gasteiger partial charge in [0, 0.05) is 39.1 Å². The Morgan fingerprint density at radius 2 is 1.83 bits per heavy atom. The highest BCUT2D eigenvalue weighted by atomic mass is 32.2. The molecule has 0 aliphatic heterocycles. The SMILES string of the molecule is CC(C)(C)Sc1c(CC(C)(C)C(=O)O)n(Cc2cccc(C#N)c2)c2ncc(OCc3ccc4ccccc4n3)cc12. The van der Waals surface area contributed by atoms with Crippen LogP contribution in [0.2, 0.25) is 0 Å². The van der Waals surface area contributed by atoms with Crippen LogP contribution in [0.4, 0.5) is 0 Å². The molecule has 42 heavy (non-hydrogen) atoms. The number of hydrogen-bond acceptors (Lipinski definition) is 6. The number of rotatable bonds is 9. The quantitative estimate of drug-likeness (QED) is 0.179. The van der Waals surface area contributed by atoms with Crippen molar-refractivity contribution in [2.75, 3.05) is 0 Å². The Labute approximate surface area is 250 Å². The van der Waals surface area contributed by atoms with Crippen LogP contribution in [0.5, 0.6) is 5.75 Å². The Morgan fingerprint density at radius 1 is 1.05 bits per heavy atom. The van der Waals surface area contributed by atoms with E-state index in [1.807, 2.05) is 60.7 Å². The maximum Gasteiger partial charge on any atom is 0.309 e. The van der Waals surface area contributed by atoms with E-state index in [1.165, 1.54) is 0 Å². The van der Waals surface area contributed by atoms with Crippen LogP contribution in [0.3, 0.4) is 0 Å². The van der Waals surface area contributed by atoms with Crippen LogP contribution in [0.15, 0.2) is 77.8 Å². The number of thioether (sulfide) groups is 1. The standard InChI is InChI=1S/C34H34N4O3S/c1-33(2,3)42-30-27-16-26(41-21-25-14-13-24-11-6-7-12-28(24)37-25)19-36-31(27)38(29(30)17-34(4,5)32(39)40)20-23-10-8-9-22(15-23)18-35/h6-16,19H,17,20-21H2,1-5H3,(H,39,40). The molecule has 2 aromatic carbocycles. The second kappa shape index (κ2) is 11.5. The predicted molar refractivity (Wildman–Crippen MR) is 167 cm³/mol. The molecule has 0 radical (unpaired) electrons. The summed E-state index contributed by atoms with van der Waals surface area (Å²) in [6, 6.07) is 23.7. The van der Waals surface area contributed by atoms with Crippen molar-refractivity contribution in [1.82, 2.24) is 14.5 Å². The highest BCUT2D eigenvalue weighted by molar-refractivity contribution is 8.00. The maximum atomic E-state index is 12.3. The van der Waals surface area contributed by atoms with Gasteiger partial charge in [-0.1, -0.05) is 57.2 Å². The van der Waals surface area contributed by atoms with Crippen LogP contribution in [0.25, 0.3) is 21.9 Å². The second-order valence-electron chi connectivity index (χ2n) is 12.1. The van der Waals surface area contributed by atoms with Crippen molar-refractivity contribution < 1.29 is 14.6 Å². The third-order valence-corrected chi connectivity index (χ3v) is 8.24. The molecule has 214 valence electrons. The Hall–Kier alpha value is -4.35. The minimum absolute atomic E-state index is 0.145. The Bertz CT molecular complexity index is 1830. The lowest BCUT2D eigenvalue weighted by atomic mass is 9.88. The van der Waals surface area contributed by atoms with Gasteiger partial charge in [0.05, 0.1) is 34.5 Å². The van der Waals surface area contributed by atoms with Gasteiger partial charge < -0.3 is 14.4 Å². The minimum atomic E-state index is -1.01. The van der Waals surface area contributed by atoms with Gasteiger partial charge in [0.25, 0.3) is 0 Å². The molecule has 3 aromatic heterocycles. The molecule has 7 nitrogen and oxygen atoms in total. The number of ether oxygens (including phenoxy) is 1. The smallest absolute Gasteiger partial charge is 0.309 e. The van der Waals surface area contributed by atoms with Gasteiger partial charge in [-0.05, 0) is 49.7 Å². The zero-order chi connectivity index (χ0) is 30.1. The van der Waals surface area contributed by atoms with Gasteiger partial charge in [0.1, 0.15) is 18.0 Å². The molecule has 8 heteroatoms. The molecule has 0 atom stereocenters. The Balaban J connectivity index is 1.60. The molecule has 0 aliphatic carbocycles. The fourth-order valence-electron chi connectivity index (χ4n) is 4.83. The molecule has 0 aliphatic rings.